The predicted molar refractivity (Wildman–Crippen MR) is 104 cm³/mol. The molecule has 0 aliphatic carbocycles. The van der Waals surface area contributed by atoms with Crippen LogP contribution in [0.25, 0.3) is 0 Å². The molecule has 3 rings (SSSR count). The number of hydrogen-bond donors (Lipinski definition) is 1. The van der Waals surface area contributed by atoms with Gasteiger partial charge in [0.25, 0.3) is 5.91 Å². The lowest BCUT2D eigenvalue weighted by Gasteiger charge is -2.15. The van der Waals surface area contributed by atoms with Crippen molar-refractivity contribution in [2.24, 2.45) is 0 Å². The molecule has 0 spiro atoms. The number of benzene rings is 1. The summed E-state index contributed by atoms with van der Waals surface area (Å²) in [4.78, 5) is 24.7. The highest BCUT2D eigenvalue weighted by molar-refractivity contribution is 5.96. The normalized spacial score (nSPS) is 12.0. The van der Waals surface area contributed by atoms with Crippen molar-refractivity contribution in [1.29, 1.82) is 0 Å². The Hall–Kier alpha value is -3.42. The molecule has 2 aromatic heterocycles. The first-order valence-electron chi connectivity index (χ1n) is 9.06. The van der Waals surface area contributed by atoms with Gasteiger partial charge in [-0.05, 0) is 26.3 Å². The number of nitrogens with one attached hydrogen (secondary N) is 1. The predicted octanol–water partition coefficient (Wildman–Crippen LogP) is 2.89. The lowest BCUT2D eigenvalue weighted by atomic mass is 10.2. The first-order chi connectivity index (χ1) is 13.4. The van der Waals surface area contributed by atoms with Gasteiger partial charge in [0, 0.05) is 18.3 Å². The van der Waals surface area contributed by atoms with Gasteiger partial charge in [-0.2, -0.15) is 10.2 Å². The second-order valence-corrected chi connectivity index (χ2v) is 6.70. The minimum absolute atomic E-state index is 0.0959. The largest absolute Gasteiger partial charge is 0.449 e. The maximum atomic E-state index is 12.3. The summed E-state index contributed by atoms with van der Waals surface area (Å²) in [6.45, 7) is 5.99. The molecule has 0 bridgehead atoms. The molecule has 1 atom stereocenters. The highest BCUT2D eigenvalue weighted by atomic mass is 16.5. The smallest absolute Gasteiger partial charge is 0.342 e. The van der Waals surface area contributed by atoms with Gasteiger partial charge in [-0.3, -0.25) is 9.48 Å². The summed E-state index contributed by atoms with van der Waals surface area (Å²) in [7, 11) is 0. The number of esters is 1. The van der Waals surface area contributed by atoms with E-state index in [-0.39, 0.29) is 6.04 Å². The Morgan fingerprint density at radius 2 is 1.86 bits per heavy atom. The molecule has 0 fully saturated rings. The molecule has 0 saturated heterocycles. The number of anilines is 1. The Labute approximate surface area is 163 Å². The first kappa shape index (κ1) is 19.3. The third kappa shape index (κ3) is 4.64. The van der Waals surface area contributed by atoms with Gasteiger partial charge in [0.15, 0.2) is 6.10 Å². The summed E-state index contributed by atoms with van der Waals surface area (Å²) < 4.78 is 8.61. The van der Waals surface area contributed by atoms with E-state index in [1.165, 1.54) is 13.1 Å². The van der Waals surface area contributed by atoms with Crippen LogP contribution in [0.1, 0.15) is 42.7 Å². The van der Waals surface area contributed by atoms with Crippen molar-refractivity contribution < 1.29 is 14.3 Å². The number of carbonyl (C=O) groups is 2. The van der Waals surface area contributed by atoms with Gasteiger partial charge in [-0.1, -0.05) is 30.3 Å². The average molecular weight is 381 g/mol. The Balaban J connectivity index is 1.58. The average Bonchev–Trinajstić information content (AvgIpc) is 3.32. The summed E-state index contributed by atoms with van der Waals surface area (Å²) in [5, 5.41) is 11.1. The Bertz CT molecular complexity index is 946. The number of ether oxygens (including phenoxy) is 1. The van der Waals surface area contributed by atoms with E-state index in [0.717, 1.165) is 5.56 Å². The number of nitrogens with zero attached hydrogens (tertiary/aromatic N) is 4. The maximum absolute atomic E-state index is 12.3. The highest BCUT2D eigenvalue weighted by Gasteiger charge is 2.21. The second-order valence-electron chi connectivity index (χ2n) is 6.70. The second kappa shape index (κ2) is 8.51. The van der Waals surface area contributed by atoms with Gasteiger partial charge in [-0.25, -0.2) is 9.48 Å². The fraction of sp³-hybridized carbons (Fsp3) is 0.300. The summed E-state index contributed by atoms with van der Waals surface area (Å²) in [5.41, 5.74) is 1.36. The number of aromatic nitrogens is 4. The summed E-state index contributed by atoms with van der Waals surface area (Å²) in [5.74, 6) is -0.467. The molecule has 146 valence electrons. The van der Waals surface area contributed by atoms with Crippen LogP contribution in [0.5, 0.6) is 0 Å². The van der Waals surface area contributed by atoms with Crippen LogP contribution in [0.2, 0.25) is 0 Å². The van der Waals surface area contributed by atoms with E-state index in [2.05, 4.69) is 15.5 Å². The molecule has 1 aromatic carbocycles. The summed E-state index contributed by atoms with van der Waals surface area (Å²) in [6, 6.07) is 11.6. The fourth-order valence-corrected chi connectivity index (χ4v) is 2.66. The molecule has 0 saturated carbocycles. The molecule has 28 heavy (non-hydrogen) atoms. The highest BCUT2D eigenvalue weighted by Crippen LogP contribution is 2.14. The molecule has 0 aliphatic heterocycles. The van der Waals surface area contributed by atoms with E-state index in [0.29, 0.717) is 17.9 Å². The zero-order chi connectivity index (χ0) is 20.1. The monoisotopic (exact) mass is 381 g/mol. The molecule has 1 amide bonds. The van der Waals surface area contributed by atoms with Gasteiger partial charge >= 0.3 is 5.97 Å². The zero-order valence-corrected chi connectivity index (χ0v) is 16.1. The number of carbonyl (C=O) groups excluding carboxylic acids is 2. The Morgan fingerprint density at radius 1 is 1.11 bits per heavy atom. The van der Waals surface area contributed by atoms with Gasteiger partial charge in [0.1, 0.15) is 5.82 Å². The van der Waals surface area contributed by atoms with Crippen molar-refractivity contribution in [2.75, 3.05) is 5.32 Å². The zero-order valence-electron chi connectivity index (χ0n) is 16.1. The van der Waals surface area contributed by atoms with Gasteiger partial charge in [-0.15, -0.1) is 0 Å². The standard InChI is InChI=1S/C20H23N5O3/c1-14(2)25-18(9-10-21-25)23-19(26)15(3)28-20(27)17-11-22-24(13-17)12-16-7-5-4-6-8-16/h4-11,13-15H,12H2,1-3H3,(H,23,26). The lowest BCUT2D eigenvalue weighted by molar-refractivity contribution is -0.123. The maximum Gasteiger partial charge on any atom is 0.342 e. The topological polar surface area (TPSA) is 91.0 Å². The van der Waals surface area contributed by atoms with Gasteiger partial charge < -0.3 is 10.1 Å². The molecular weight excluding hydrogens is 358 g/mol. The molecule has 0 radical (unpaired) electrons. The summed E-state index contributed by atoms with van der Waals surface area (Å²) >= 11 is 0. The van der Waals surface area contributed by atoms with Crippen LogP contribution in [-0.4, -0.2) is 37.5 Å². The summed E-state index contributed by atoms with van der Waals surface area (Å²) in [6.07, 6.45) is 3.69. The van der Waals surface area contributed by atoms with Crippen LogP contribution in [0.3, 0.4) is 0 Å². The van der Waals surface area contributed by atoms with E-state index < -0.39 is 18.0 Å². The van der Waals surface area contributed by atoms with E-state index >= 15 is 0 Å². The molecule has 3 aromatic rings. The van der Waals surface area contributed by atoms with Gasteiger partial charge in [0.05, 0.1) is 24.5 Å². The molecule has 1 unspecified atom stereocenters. The first-order valence-corrected chi connectivity index (χ1v) is 9.06. The number of hydrogen-bond acceptors (Lipinski definition) is 5. The van der Waals surface area contributed by atoms with Crippen molar-refractivity contribution in [3.05, 3.63) is 66.1 Å². The Morgan fingerprint density at radius 3 is 2.57 bits per heavy atom. The lowest BCUT2D eigenvalue weighted by Crippen LogP contribution is -2.31. The quantitative estimate of drug-likeness (QED) is 0.636. The van der Waals surface area contributed by atoms with E-state index in [1.54, 1.807) is 27.8 Å². The Kier molecular flexibility index (Phi) is 5.88. The molecule has 2 heterocycles. The van der Waals surface area contributed by atoms with Crippen LogP contribution < -0.4 is 5.32 Å². The molecule has 8 heteroatoms. The van der Waals surface area contributed by atoms with Crippen molar-refractivity contribution >= 4 is 17.7 Å². The SMILES string of the molecule is CC(OC(=O)c1cnn(Cc2ccccc2)c1)C(=O)Nc1ccnn1C(C)C. The molecular formula is C20H23N5O3. The molecule has 8 nitrogen and oxygen atoms in total. The van der Waals surface area contributed by atoms with Crippen LogP contribution >= 0.6 is 0 Å². The molecule has 1 N–H and O–H groups in total. The van der Waals surface area contributed by atoms with Crippen molar-refractivity contribution in [2.45, 2.75) is 39.5 Å². The fourth-order valence-electron chi connectivity index (χ4n) is 2.66. The molecule has 0 aliphatic rings. The van der Waals surface area contributed by atoms with E-state index in [4.69, 9.17) is 4.74 Å². The van der Waals surface area contributed by atoms with E-state index in [1.807, 2.05) is 44.2 Å². The van der Waals surface area contributed by atoms with Crippen molar-refractivity contribution in [1.82, 2.24) is 19.6 Å². The third-order valence-corrected chi connectivity index (χ3v) is 4.12. The van der Waals surface area contributed by atoms with Crippen LogP contribution in [0.15, 0.2) is 55.0 Å². The van der Waals surface area contributed by atoms with Gasteiger partial charge in [0.2, 0.25) is 0 Å². The minimum Gasteiger partial charge on any atom is -0.449 e. The number of amides is 1. The van der Waals surface area contributed by atoms with Crippen molar-refractivity contribution in [3.63, 3.8) is 0 Å². The minimum atomic E-state index is -0.958. The van der Waals surface area contributed by atoms with Crippen LogP contribution in [0, 0.1) is 0 Å². The van der Waals surface area contributed by atoms with Crippen LogP contribution in [-0.2, 0) is 16.1 Å². The van der Waals surface area contributed by atoms with Crippen molar-refractivity contribution in [3.8, 4) is 0 Å². The number of rotatable bonds is 7. The third-order valence-electron chi connectivity index (χ3n) is 4.12. The van der Waals surface area contributed by atoms with E-state index in [9.17, 15) is 9.59 Å². The van der Waals surface area contributed by atoms with Crippen LogP contribution in [0.4, 0.5) is 5.82 Å².